The van der Waals surface area contributed by atoms with Crippen molar-refractivity contribution in [2.75, 3.05) is 0 Å². The van der Waals surface area contributed by atoms with Crippen molar-refractivity contribution in [3.63, 3.8) is 0 Å². The summed E-state index contributed by atoms with van der Waals surface area (Å²) < 4.78 is 0.523. The van der Waals surface area contributed by atoms with E-state index in [1.165, 1.54) is 131 Å². The molecule has 308 valence electrons. The number of nitrogens with zero attached hydrogens (tertiary/aromatic N) is 1. The Morgan fingerprint density at radius 2 is 0.806 bits per heavy atom. The second-order valence-corrected chi connectivity index (χ2v) is 21.6. The van der Waals surface area contributed by atoms with Crippen LogP contribution in [0.5, 0.6) is 0 Å². The summed E-state index contributed by atoms with van der Waals surface area (Å²) in [5, 5.41) is 5.16. The van der Waals surface area contributed by atoms with Crippen molar-refractivity contribution in [3.05, 3.63) is 179 Å². The van der Waals surface area contributed by atoms with E-state index in [0.29, 0.717) is 4.48 Å². The van der Waals surface area contributed by atoms with Gasteiger partial charge in [0, 0.05) is 35.9 Å². The minimum atomic E-state index is 0.0539. The average Bonchev–Trinajstić information content (AvgIpc) is 3.56. The van der Waals surface area contributed by atoms with Gasteiger partial charge in [0.15, 0.2) is 17.1 Å². The number of fused-ring (bicyclic) bond motifs is 8. The summed E-state index contributed by atoms with van der Waals surface area (Å²) in [6.07, 6.45) is 4.75. The lowest BCUT2D eigenvalue weighted by atomic mass is 9.62. The summed E-state index contributed by atoms with van der Waals surface area (Å²) in [5.74, 6) is 0. The zero-order valence-corrected chi connectivity index (χ0v) is 38.2. The van der Waals surface area contributed by atoms with Crippen molar-refractivity contribution >= 4 is 44.3 Å². The summed E-state index contributed by atoms with van der Waals surface area (Å²) in [6.45, 7) is 22.0. The lowest BCUT2D eigenvalue weighted by Gasteiger charge is -2.43. The van der Waals surface area contributed by atoms with Gasteiger partial charge in [0.05, 0.1) is 11.1 Å². The Kier molecular flexibility index (Phi) is 8.44. The number of hydrogen-bond acceptors (Lipinski definition) is 0. The first kappa shape index (κ1) is 39.1. The van der Waals surface area contributed by atoms with Gasteiger partial charge in [0.1, 0.15) is 5.69 Å². The van der Waals surface area contributed by atoms with Gasteiger partial charge in [-0.15, -0.1) is 0 Å². The smallest absolute Gasteiger partial charge is 0.156 e. The van der Waals surface area contributed by atoms with E-state index in [1.54, 1.807) is 0 Å². The van der Waals surface area contributed by atoms with E-state index in [0.717, 1.165) is 0 Å². The van der Waals surface area contributed by atoms with Gasteiger partial charge in [-0.2, -0.15) is 4.48 Å². The predicted molar refractivity (Wildman–Crippen MR) is 267 cm³/mol. The fourth-order valence-electron chi connectivity index (χ4n) is 12.1. The third-order valence-corrected chi connectivity index (χ3v) is 16.0. The fraction of sp³-hybridized carbons (Fsp3) is 0.279. The number of rotatable bonds is 4. The van der Waals surface area contributed by atoms with Crippen LogP contribution in [0.2, 0.25) is 0 Å². The van der Waals surface area contributed by atoms with Gasteiger partial charge in [-0.1, -0.05) is 134 Å². The standard InChI is InChI=1S/C61H60N/c1-39-34-51-52(59(4,5)31-30-58(51,2)3)36-48(39)46-22-14-16-24-55(46)62(42-28-26-40(27-29-42)49-35-41-18-10-11-19-43(41)44-20-12-13-21-45(44)49)56-25-17-15-23-47(56)50-37-53-54(38-57(50)62)61(8,9)33-32-60(53,6)7/h10-29,34-38H,30-33H2,1-9H3/q+1. The number of para-hydroxylation sites is 2. The maximum Gasteiger partial charge on any atom is 0.156 e. The third-order valence-electron chi connectivity index (χ3n) is 16.0. The normalized spacial score (nSPS) is 20.0. The highest BCUT2D eigenvalue weighted by Gasteiger charge is 2.52. The summed E-state index contributed by atoms with van der Waals surface area (Å²) in [6, 6.07) is 58.9. The molecular formula is C61H60N+. The number of aryl methyl sites for hydroxylation is 1. The molecule has 1 nitrogen and oxygen atoms in total. The molecule has 62 heavy (non-hydrogen) atoms. The van der Waals surface area contributed by atoms with Crippen LogP contribution in [-0.2, 0) is 21.7 Å². The number of quaternary nitrogens is 1. The molecule has 1 heteroatoms. The molecular weight excluding hydrogens is 747 g/mol. The molecule has 1 aliphatic heterocycles. The Morgan fingerprint density at radius 3 is 1.40 bits per heavy atom. The maximum absolute atomic E-state index is 2.65. The van der Waals surface area contributed by atoms with Crippen LogP contribution in [0.25, 0.3) is 54.9 Å². The van der Waals surface area contributed by atoms with Crippen LogP contribution in [-0.4, -0.2) is 0 Å². The molecule has 8 aromatic carbocycles. The monoisotopic (exact) mass is 806 g/mol. The molecule has 0 saturated carbocycles. The van der Waals surface area contributed by atoms with Crippen LogP contribution in [0.4, 0.5) is 22.7 Å². The molecule has 11 rings (SSSR count). The first-order valence-corrected chi connectivity index (χ1v) is 23.1. The van der Waals surface area contributed by atoms with Crippen molar-refractivity contribution in [3.8, 4) is 33.4 Å². The van der Waals surface area contributed by atoms with E-state index in [2.05, 4.69) is 214 Å². The van der Waals surface area contributed by atoms with Crippen molar-refractivity contribution in [1.29, 1.82) is 0 Å². The summed E-state index contributed by atoms with van der Waals surface area (Å²) in [7, 11) is 0. The molecule has 2 aliphatic carbocycles. The molecule has 1 atom stereocenters. The SMILES string of the molecule is Cc1cc2c(cc1-c1ccccc1[N+]1(c3ccc(-c4cc5ccccc5c5ccccc45)cc3)c3ccccc3-c3cc4c(cc31)C(C)(C)CCC4(C)C)C(C)(C)CCC2(C)C. The van der Waals surface area contributed by atoms with Gasteiger partial charge in [-0.3, -0.25) is 0 Å². The highest BCUT2D eigenvalue weighted by atomic mass is 15.4. The van der Waals surface area contributed by atoms with Crippen LogP contribution >= 0.6 is 0 Å². The number of benzene rings is 8. The van der Waals surface area contributed by atoms with E-state index >= 15 is 0 Å². The Balaban J connectivity index is 1.22. The molecule has 0 spiro atoms. The van der Waals surface area contributed by atoms with Crippen molar-refractivity contribution in [1.82, 2.24) is 4.48 Å². The van der Waals surface area contributed by atoms with Gasteiger partial charge >= 0.3 is 0 Å². The largest absolute Gasteiger partial charge is 0.193 e. The van der Waals surface area contributed by atoms with Crippen LogP contribution in [0, 0.1) is 6.92 Å². The molecule has 0 bridgehead atoms. The fourth-order valence-corrected chi connectivity index (χ4v) is 12.1. The third kappa shape index (κ3) is 5.56. The molecule has 0 N–H and O–H groups in total. The van der Waals surface area contributed by atoms with Gasteiger partial charge in [-0.05, 0) is 163 Å². The van der Waals surface area contributed by atoms with Crippen molar-refractivity contribution in [2.24, 2.45) is 0 Å². The van der Waals surface area contributed by atoms with Gasteiger partial charge in [-0.25, -0.2) is 0 Å². The molecule has 8 aromatic rings. The second kappa shape index (κ2) is 13.4. The van der Waals surface area contributed by atoms with Gasteiger partial charge in [0.25, 0.3) is 0 Å². The van der Waals surface area contributed by atoms with Crippen molar-refractivity contribution in [2.45, 2.75) is 110 Å². The Labute approximate surface area is 369 Å². The van der Waals surface area contributed by atoms with E-state index in [1.807, 2.05) is 0 Å². The summed E-state index contributed by atoms with van der Waals surface area (Å²) >= 11 is 0. The van der Waals surface area contributed by atoms with Gasteiger partial charge in [0.2, 0.25) is 0 Å². The van der Waals surface area contributed by atoms with E-state index < -0.39 is 0 Å². The minimum Gasteiger partial charge on any atom is -0.193 e. The second-order valence-electron chi connectivity index (χ2n) is 21.6. The highest BCUT2D eigenvalue weighted by molar-refractivity contribution is 6.14. The summed E-state index contributed by atoms with van der Waals surface area (Å²) in [4.78, 5) is 0. The lowest BCUT2D eigenvalue weighted by molar-refractivity contribution is 0.332. The first-order chi connectivity index (χ1) is 29.6. The Bertz CT molecular complexity index is 3130. The maximum atomic E-state index is 2.65. The predicted octanol–water partition coefficient (Wildman–Crippen LogP) is 17.6. The minimum absolute atomic E-state index is 0.0539. The van der Waals surface area contributed by atoms with Crippen LogP contribution in [0.15, 0.2) is 152 Å². The van der Waals surface area contributed by atoms with Crippen LogP contribution in [0.1, 0.15) is 109 Å². The van der Waals surface area contributed by atoms with Crippen LogP contribution < -0.4 is 4.48 Å². The van der Waals surface area contributed by atoms with Gasteiger partial charge < -0.3 is 0 Å². The molecule has 1 heterocycles. The zero-order chi connectivity index (χ0) is 43.0. The Morgan fingerprint density at radius 1 is 0.355 bits per heavy atom. The molecule has 0 saturated heterocycles. The molecule has 1 unspecified atom stereocenters. The number of hydrogen-bond donors (Lipinski definition) is 0. The molecule has 0 aromatic heterocycles. The average molecular weight is 807 g/mol. The molecule has 0 fully saturated rings. The lowest BCUT2D eigenvalue weighted by Crippen LogP contribution is -2.36. The van der Waals surface area contributed by atoms with E-state index in [9.17, 15) is 0 Å². The van der Waals surface area contributed by atoms with Crippen molar-refractivity contribution < 1.29 is 0 Å². The van der Waals surface area contributed by atoms with Crippen LogP contribution in [0.3, 0.4) is 0 Å². The first-order valence-electron chi connectivity index (χ1n) is 23.1. The molecule has 0 radical (unpaired) electrons. The van der Waals surface area contributed by atoms with E-state index in [4.69, 9.17) is 0 Å². The topological polar surface area (TPSA) is 0 Å². The molecule has 3 aliphatic rings. The molecule has 0 amide bonds. The van der Waals surface area contributed by atoms with E-state index in [-0.39, 0.29) is 21.7 Å². The zero-order valence-electron chi connectivity index (χ0n) is 38.2. The quantitative estimate of drug-likeness (QED) is 0.123. The highest BCUT2D eigenvalue weighted by Crippen LogP contribution is 2.66. The summed E-state index contributed by atoms with van der Waals surface area (Å²) in [5.41, 5.74) is 20.8. The Hall–Kier alpha value is -5.76.